The number of nitrogens with one attached hydrogen (secondary N) is 1. The van der Waals surface area contributed by atoms with E-state index < -0.39 is 33.7 Å². The lowest BCUT2D eigenvalue weighted by atomic mass is 10.0. The third-order valence-corrected chi connectivity index (χ3v) is 23.9. The van der Waals surface area contributed by atoms with Crippen molar-refractivity contribution in [1.82, 2.24) is 101 Å². The molecule has 14 heterocycles. The van der Waals surface area contributed by atoms with Crippen LogP contribution >= 0.6 is 53.2 Å². The Morgan fingerprint density at radius 3 is 1.12 bits per heavy atom. The van der Waals surface area contributed by atoms with Gasteiger partial charge in [0.25, 0.3) is 40.3 Å². The highest BCUT2D eigenvalue weighted by atomic mass is 128. The van der Waals surface area contributed by atoms with Gasteiger partial charge in [-0.25, -0.2) is 49.3 Å². The fourth-order valence-electron chi connectivity index (χ4n) is 17.1. The number of nitrogens with zero attached hydrogens (tertiary/aromatic N) is 22. The number of benzene rings is 5. The van der Waals surface area contributed by atoms with Crippen LogP contribution in [0.2, 0.25) is 0 Å². The quantitative estimate of drug-likeness (QED) is 0.0469. The largest absolute Gasteiger partial charge is 0.341 e. The maximum atomic E-state index is 14.1. The fourth-order valence-corrected chi connectivity index (χ4v) is 17.5. The number of fused-ring (bicyclic) bond motifs is 8. The van der Waals surface area contributed by atoms with Gasteiger partial charge in [-0.1, -0.05) is 111 Å². The van der Waals surface area contributed by atoms with Crippen LogP contribution in [-0.2, 0) is 60.4 Å². The molecule has 5 aromatic carbocycles. The molecule has 5 aliphatic heterocycles. The number of hydrogen-bond donors (Lipinski definition) is 2. The summed E-state index contributed by atoms with van der Waals surface area (Å²) in [6.45, 7) is 15.4. The van der Waals surface area contributed by atoms with Crippen LogP contribution in [0.3, 0.4) is 0 Å². The number of piperidine rings is 3. The Morgan fingerprint density at radius 1 is 0.415 bits per heavy atom. The van der Waals surface area contributed by atoms with E-state index in [-0.39, 0.29) is 107 Å². The average molecular weight is 2040 g/mol. The van der Waals surface area contributed by atoms with Crippen molar-refractivity contribution in [2.45, 2.75) is 152 Å². The number of halogens is 3. The molecule has 4 amide bonds. The van der Waals surface area contributed by atoms with E-state index in [4.69, 9.17) is 15.7 Å². The molecule has 0 spiro atoms. The van der Waals surface area contributed by atoms with Crippen molar-refractivity contribution in [3.8, 4) is 35.5 Å². The van der Waals surface area contributed by atoms with Crippen LogP contribution in [0, 0.1) is 56.3 Å². The number of aromatic nitrogens is 18. The predicted molar refractivity (Wildman–Crippen MR) is 522 cm³/mol. The average Bonchev–Trinajstić information content (AvgIpc) is 1.58. The second kappa shape index (κ2) is 40.8. The highest BCUT2D eigenvalue weighted by molar-refractivity contribution is 15.0. The molecule has 3 unspecified atom stereocenters. The van der Waals surface area contributed by atoms with E-state index in [0.717, 1.165) is 97.7 Å². The van der Waals surface area contributed by atoms with E-state index in [0.29, 0.717) is 118 Å². The second-order valence-electron chi connectivity index (χ2n) is 31.3. The first-order valence-electron chi connectivity index (χ1n) is 41.5. The fraction of sp³-hybridized carbons (Fsp3) is 0.344. The summed E-state index contributed by atoms with van der Waals surface area (Å²) < 4.78 is 13.2. The van der Waals surface area contributed by atoms with Gasteiger partial charge in [0.1, 0.15) is 17.5 Å². The molecule has 0 radical (unpaired) electrons. The van der Waals surface area contributed by atoms with Crippen LogP contribution in [0.15, 0.2) is 155 Å². The van der Waals surface area contributed by atoms with E-state index in [1.54, 1.807) is 104 Å². The zero-order valence-corrected chi connectivity index (χ0v) is 77.5. The van der Waals surface area contributed by atoms with Gasteiger partial charge in [0.2, 0.25) is 11.9 Å². The lowest BCUT2D eigenvalue weighted by molar-refractivity contribution is 0.0549. The molecule has 3 atom stereocenters. The Labute approximate surface area is 778 Å². The molecule has 0 aliphatic carbocycles. The zero-order valence-electron chi connectivity index (χ0n) is 71.6. The SMILES string of the molecule is C.C.CC#CCn1c(Br)nc2c1c(=O)n(Cc1nc(C)c3ccccc3n1)c(=O)n2C.CC#CCn1c(N2CCCC(N)C2)nc2c1c(=O)n(Cc1nc(C)c3ccccc3n1)c(=O)n2C.CC#CCn1c(N2CCCC(N3C(=O)c4ccccc4C3=O)C2)nc2c1c(=O)n(Cc1nc(C)c3ccccc3n1)c(=O)n2C.II.O=C1c2ccccc2C(=O)N1C1CCCNC1. The lowest BCUT2D eigenvalue weighted by Crippen LogP contribution is -2.50. The molecule has 3 fully saturated rings. The van der Waals surface area contributed by atoms with Gasteiger partial charge in [-0.3, -0.25) is 79.9 Å². The number of aryl methyl sites for hydroxylation is 6. The van der Waals surface area contributed by atoms with Crippen molar-refractivity contribution in [3.63, 3.8) is 0 Å². The maximum absolute atomic E-state index is 14.1. The highest BCUT2D eigenvalue weighted by Gasteiger charge is 2.43. The van der Waals surface area contributed by atoms with E-state index in [1.807, 2.05) is 98.5 Å². The molecule has 34 nitrogen and oxygen atoms in total. The molecule has 3 saturated heterocycles. The zero-order chi connectivity index (χ0) is 90.6. The minimum absolute atomic E-state index is 0. The number of nitrogens with two attached hydrogens (primary N) is 1. The van der Waals surface area contributed by atoms with Gasteiger partial charge >= 0.3 is 17.1 Å². The molecule has 670 valence electrons. The molecule has 19 rings (SSSR count). The van der Waals surface area contributed by atoms with Crippen LogP contribution in [-0.4, -0.2) is 177 Å². The number of carbonyl (C=O) groups excluding carboxylic acids is 4. The van der Waals surface area contributed by atoms with Gasteiger partial charge in [0.15, 0.2) is 38.2 Å². The third kappa shape index (κ3) is 18.3. The van der Waals surface area contributed by atoms with Crippen molar-refractivity contribution < 1.29 is 19.2 Å². The molecule has 37 heteroatoms. The van der Waals surface area contributed by atoms with Crippen molar-refractivity contribution in [1.29, 1.82) is 0 Å². The van der Waals surface area contributed by atoms with E-state index in [9.17, 15) is 47.9 Å². The molecule has 5 aliphatic rings. The summed E-state index contributed by atoms with van der Waals surface area (Å²) in [6.07, 6.45) is 5.14. The number of anilines is 2. The third-order valence-electron chi connectivity index (χ3n) is 23.3. The van der Waals surface area contributed by atoms with Crippen LogP contribution in [0.25, 0.3) is 66.2 Å². The second-order valence-corrected chi connectivity index (χ2v) is 32.0. The number of amides is 4. The molecular weight excluding hydrogens is 1950 g/mol. The standard InChI is InChI=1S/C33H30N8O4.C25H28N8O2.C20H17BrN6O2.C13H14N2O2.2CH4.I2/c1-4-5-17-39-27-28(37(3)33(45)40(31(27)44)19-26-34-20(2)22-12-8-9-15-25(22)35-26)36-32(39)38-16-10-11-21(18-38)41-29(42)23-13-6-7-14-24(23)30(41)43;1-4-5-13-32-21-22(29-24(32)31-12-8-9-17(26)14-31)30(3)25(35)33(23(21)34)15-20-27-16(2)18-10-6-7-11-19(18)28-20;1-4-5-10-26-16-17(24-19(26)21)25(3)20(29)27(18(16)28)11-15-22-12(2)13-8-6-7-9-14(13)23-15;16-12-10-5-1-2-6-11(10)13(17)15(12)9-4-3-7-14-8-9;;;1-2/h6-9,12-15,21H,10-11,16-19H2,1-3H3;6-7,10-11,17H,8-9,12-15,26H2,1-3H3;6-9H,10-11H2,1-3H3;1-2,5-6,9,14H,3-4,7-8H2;2*1H4;. The van der Waals surface area contributed by atoms with Crippen molar-refractivity contribution in [2.75, 3.05) is 49.1 Å². The smallest absolute Gasteiger partial charge is 0.332 e. The summed E-state index contributed by atoms with van der Waals surface area (Å²) in [5.41, 5.74) is 11.6. The van der Waals surface area contributed by atoms with Gasteiger partial charge < -0.3 is 25.4 Å². The normalized spacial score (nSPS) is 15.6. The first-order valence-corrected chi connectivity index (χ1v) is 48.6. The van der Waals surface area contributed by atoms with E-state index >= 15 is 0 Å². The topological polar surface area (TPSA) is 382 Å². The molecular formula is C93H97BrI2N24O10. The Kier molecular flexibility index (Phi) is 29.7. The minimum atomic E-state index is -0.540. The Hall–Kier alpha value is -13.0. The Balaban J connectivity index is 0.000000152. The van der Waals surface area contributed by atoms with Crippen molar-refractivity contribution in [2.24, 2.45) is 26.9 Å². The number of imide groups is 2. The monoisotopic (exact) mass is 2040 g/mol. The van der Waals surface area contributed by atoms with Gasteiger partial charge in [-0.2, -0.15) is 9.97 Å². The highest BCUT2D eigenvalue weighted by Crippen LogP contribution is 2.33. The first kappa shape index (κ1) is 94.6. The van der Waals surface area contributed by atoms with E-state index in [2.05, 4.69) is 134 Å². The molecule has 130 heavy (non-hydrogen) atoms. The summed E-state index contributed by atoms with van der Waals surface area (Å²) in [7, 11) is 4.79. The molecule has 0 saturated carbocycles. The summed E-state index contributed by atoms with van der Waals surface area (Å²) >= 11 is 7.60. The van der Waals surface area contributed by atoms with Crippen molar-refractivity contribution >= 4 is 155 Å². The number of hydrogen-bond acceptors (Lipinski definition) is 23. The Morgan fingerprint density at radius 2 is 0.746 bits per heavy atom. The van der Waals surface area contributed by atoms with Gasteiger partial charge in [-0.15, -0.1) is 17.8 Å². The van der Waals surface area contributed by atoms with Gasteiger partial charge in [0, 0.05) is 130 Å². The Bertz CT molecular complexity index is 7380. The van der Waals surface area contributed by atoms with Crippen molar-refractivity contribution in [3.05, 3.63) is 245 Å². The molecule has 3 N–H and O–H groups in total. The molecule has 0 bridgehead atoms. The molecule has 9 aromatic heterocycles. The number of imidazole rings is 3. The first-order chi connectivity index (χ1) is 61.9. The number of para-hydroxylation sites is 3. The van der Waals surface area contributed by atoms with Crippen LogP contribution < -0.4 is 54.6 Å². The summed E-state index contributed by atoms with van der Waals surface area (Å²) in [6, 6.07) is 36.5. The van der Waals surface area contributed by atoms with Crippen LogP contribution in [0.5, 0.6) is 0 Å². The van der Waals surface area contributed by atoms with Gasteiger partial charge in [-0.05, 0) is 145 Å². The minimum Gasteiger partial charge on any atom is -0.341 e. The lowest BCUT2D eigenvalue weighted by Gasteiger charge is -2.37. The van der Waals surface area contributed by atoms with Gasteiger partial charge in [0.05, 0.1) is 90.2 Å². The summed E-state index contributed by atoms with van der Waals surface area (Å²) in [5.74, 6) is 18.9. The van der Waals surface area contributed by atoms with Crippen LogP contribution in [0.4, 0.5) is 11.9 Å². The summed E-state index contributed by atoms with van der Waals surface area (Å²) in [5, 5.41) is 6.01. The molecule has 14 aromatic rings. The number of carbonyl (C=O) groups is 4. The van der Waals surface area contributed by atoms with Crippen LogP contribution in [0.1, 0.15) is 150 Å². The summed E-state index contributed by atoms with van der Waals surface area (Å²) in [4.78, 5) is 180. The predicted octanol–water partition coefficient (Wildman–Crippen LogP) is 9.69. The van der Waals surface area contributed by atoms with E-state index in [1.165, 1.54) is 28.1 Å². The maximum Gasteiger partial charge on any atom is 0.332 e. The number of rotatable bonds is 13.